The van der Waals surface area contributed by atoms with E-state index < -0.39 is 10.0 Å². The van der Waals surface area contributed by atoms with Crippen molar-refractivity contribution in [2.45, 2.75) is 45.1 Å². The van der Waals surface area contributed by atoms with Crippen molar-refractivity contribution in [3.05, 3.63) is 65.2 Å². The normalized spacial score (nSPS) is 17.5. The van der Waals surface area contributed by atoms with E-state index in [1.54, 1.807) is 12.1 Å². The fraction of sp³-hybridized carbons (Fsp3) is 0.435. The maximum atomic E-state index is 13.0. The maximum Gasteiger partial charge on any atom is 0.253 e. The van der Waals surface area contributed by atoms with Crippen LogP contribution in [0.4, 0.5) is 0 Å². The lowest BCUT2D eigenvalue weighted by Crippen LogP contribution is -2.39. The molecule has 1 aliphatic heterocycles. The van der Waals surface area contributed by atoms with Crippen LogP contribution >= 0.6 is 0 Å². The second-order valence-corrected chi connectivity index (χ2v) is 9.88. The Morgan fingerprint density at radius 1 is 1.10 bits per heavy atom. The summed E-state index contributed by atoms with van der Waals surface area (Å²) in [5.41, 5.74) is 2.55. The highest BCUT2D eigenvalue weighted by atomic mass is 32.2. The molecule has 1 aliphatic rings. The van der Waals surface area contributed by atoms with Crippen LogP contribution < -0.4 is 0 Å². The van der Waals surface area contributed by atoms with E-state index in [1.165, 1.54) is 10.7 Å². The van der Waals surface area contributed by atoms with E-state index >= 15 is 0 Å². The Balaban J connectivity index is 1.72. The molecule has 0 radical (unpaired) electrons. The molecule has 0 saturated carbocycles. The summed E-state index contributed by atoms with van der Waals surface area (Å²) >= 11 is 0. The smallest absolute Gasteiger partial charge is 0.253 e. The topological polar surface area (TPSA) is 57.7 Å². The van der Waals surface area contributed by atoms with Crippen LogP contribution in [0.15, 0.2) is 53.4 Å². The van der Waals surface area contributed by atoms with Gasteiger partial charge in [-0.2, -0.15) is 4.31 Å². The first-order valence-corrected chi connectivity index (χ1v) is 11.7. The SMILES string of the molecule is CCN(Cc1ccc(C(=O)N2CCCC(C)C2)cc1)S(=O)(=O)c1ccc(C)cc1. The minimum absolute atomic E-state index is 0.0581. The molecule has 0 aromatic heterocycles. The summed E-state index contributed by atoms with van der Waals surface area (Å²) in [5.74, 6) is 0.597. The number of sulfonamides is 1. The molecule has 1 saturated heterocycles. The van der Waals surface area contributed by atoms with Crippen LogP contribution in [0.1, 0.15) is 48.2 Å². The molecule has 1 unspecified atom stereocenters. The first-order chi connectivity index (χ1) is 13.8. The van der Waals surface area contributed by atoms with E-state index in [0.717, 1.165) is 30.6 Å². The molecular formula is C23H30N2O3S. The molecule has 3 rings (SSSR count). The third kappa shape index (κ3) is 5.06. The lowest BCUT2D eigenvalue weighted by molar-refractivity contribution is 0.0683. The molecule has 2 aromatic rings. The second kappa shape index (κ2) is 9.09. The zero-order valence-corrected chi connectivity index (χ0v) is 18.3. The molecule has 2 aromatic carbocycles. The van der Waals surface area contributed by atoms with Crippen molar-refractivity contribution in [1.29, 1.82) is 0 Å². The average molecular weight is 415 g/mol. The molecule has 1 fully saturated rings. The molecule has 0 N–H and O–H groups in total. The van der Waals surface area contributed by atoms with Gasteiger partial charge in [0.25, 0.3) is 5.91 Å². The predicted molar refractivity (Wildman–Crippen MR) is 115 cm³/mol. The number of benzene rings is 2. The summed E-state index contributed by atoms with van der Waals surface area (Å²) in [6.07, 6.45) is 2.22. The van der Waals surface area contributed by atoms with Crippen molar-refractivity contribution in [3.8, 4) is 0 Å². The molecule has 0 aliphatic carbocycles. The average Bonchev–Trinajstić information content (AvgIpc) is 2.72. The van der Waals surface area contributed by atoms with Crippen molar-refractivity contribution >= 4 is 15.9 Å². The molecule has 1 atom stereocenters. The van der Waals surface area contributed by atoms with E-state index in [0.29, 0.717) is 22.9 Å². The minimum Gasteiger partial charge on any atom is -0.338 e. The Labute approximate surface area is 174 Å². The van der Waals surface area contributed by atoms with Crippen molar-refractivity contribution in [2.75, 3.05) is 19.6 Å². The molecule has 29 heavy (non-hydrogen) atoms. The Morgan fingerprint density at radius 3 is 2.34 bits per heavy atom. The van der Waals surface area contributed by atoms with E-state index in [4.69, 9.17) is 0 Å². The Hall–Kier alpha value is -2.18. The number of carbonyl (C=O) groups excluding carboxylic acids is 1. The quantitative estimate of drug-likeness (QED) is 0.716. The van der Waals surface area contributed by atoms with Gasteiger partial charge in [0.05, 0.1) is 4.90 Å². The fourth-order valence-corrected chi connectivity index (χ4v) is 5.18. The highest BCUT2D eigenvalue weighted by Crippen LogP contribution is 2.21. The number of amides is 1. The van der Waals surface area contributed by atoms with Crippen LogP contribution in [0.2, 0.25) is 0 Å². The van der Waals surface area contributed by atoms with Gasteiger partial charge < -0.3 is 4.90 Å². The van der Waals surface area contributed by atoms with Crippen LogP contribution in [-0.2, 0) is 16.6 Å². The second-order valence-electron chi connectivity index (χ2n) is 7.94. The molecular weight excluding hydrogens is 384 g/mol. The standard InChI is InChI=1S/C23H30N2O3S/c1-4-25(29(27,28)22-13-7-18(2)8-14-22)17-20-9-11-21(12-10-20)23(26)24-15-5-6-19(3)16-24/h7-14,19H,4-6,15-17H2,1-3H3. The van der Waals surface area contributed by atoms with Gasteiger partial charge in [-0.05, 0) is 55.5 Å². The summed E-state index contributed by atoms with van der Waals surface area (Å²) in [4.78, 5) is 14.9. The van der Waals surface area contributed by atoms with E-state index in [1.807, 2.05) is 55.1 Å². The number of nitrogens with zero attached hydrogens (tertiary/aromatic N) is 2. The molecule has 156 valence electrons. The first kappa shape index (κ1) is 21.5. The highest BCUT2D eigenvalue weighted by Gasteiger charge is 2.24. The molecule has 0 spiro atoms. The van der Waals surface area contributed by atoms with E-state index in [-0.39, 0.29) is 12.5 Å². The molecule has 1 heterocycles. The summed E-state index contributed by atoms with van der Waals surface area (Å²) in [6.45, 7) is 8.21. The third-order valence-electron chi connectivity index (χ3n) is 5.52. The lowest BCUT2D eigenvalue weighted by Gasteiger charge is -2.31. The van der Waals surface area contributed by atoms with Gasteiger partial charge in [0, 0.05) is 31.7 Å². The summed E-state index contributed by atoms with van der Waals surface area (Å²) in [5, 5.41) is 0. The predicted octanol–water partition coefficient (Wildman–Crippen LogP) is 4.08. The third-order valence-corrected chi connectivity index (χ3v) is 7.45. The zero-order chi connectivity index (χ0) is 21.0. The summed E-state index contributed by atoms with van der Waals surface area (Å²) < 4.78 is 27.4. The van der Waals surface area contributed by atoms with Gasteiger partial charge in [0.15, 0.2) is 0 Å². The van der Waals surface area contributed by atoms with Crippen molar-refractivity contribution in [3.63, 3.8) is 0 Å². The number of hydrogen-bond acceptors (Lipinski definition) is 3. The van der Waals surface area contributed by atoms with Gasteiger partial charge >= 0.3 is 0 Å². The number of likely N-dealkylation sites (tertiary alicyclic amines) is 1. The van der Waals surface area contributed by atoms with Crippen LogP contribution in [0.5, 0.6) is 0 Å². The number of carbonyl (C=O) groups is 1. The highest BCUT2D eigenvalue weighted by molar-refractivity contribution is 7.89. The van der Waals surface area contributed by atoms with Gasteiger partial charge in [-0.1, -0.05) is 43.7 Å². The number of hydrogen-bond donors (Lipinski definition) is 0. The Morgan fingerprint density at radius 2 is 1.76 bits per heavy atom. The maximum absolute atomic E-state index is 13.0. The largest absolute Gasteiger partial charge is 0.338 e. The van der Waals surface area contributed by atoms with E-state index in [9.17, 15) is 13.2 Å². The molecule has 6 heteroatoms. The first-order valence-electron chi connectivity index (χ1n) is 10.3. The monoisotopic (exact) mass is 414 g/mol. The summed E-state index contributed by atoms with van der Waals surface area (Å²) in [6, 6.07) is 14.2. The van der Waals surface area contributed by atoms with Crippen molar-refractivity contribution in [2.24, 2.45) is 5.92 Å². The number of piperidine rings is 1. The summed E-state index contributed by atoms with van der Waals surface area (Å²) in [7, 11) is -3.56. The van der Waals surface area contributed by atoms with Crippen molar-refractivity contribution < 1.29 is 13.2 Å². The van der Waals surface area contributed by atoms with Crippen LogP contribution in [-0.4, -0.2) is 43.2 Å². The molecule has 1 amide bonds. The molecule has 5 nitrogen and oxygen atoms in total. The number of rotatable bonds is 6. The van der Waals surface area contributed by atoms with Crippen LogP contribution in [0.25, 0.3) is 0 Å². The van der Waals surface area contributed by atoms with Gasteiger partial charge in [-0.3, -0.25) is 4.79 Å². The van der Waals surface area contributed by atoms with E-state index in [2.05, 4.69) is 6.92 Å². The lowest BCUT2D eigenvalue weighted by atomic mass is 9.99. The molecule has 0 bridgehead atoms. The Bertz CT molecular complexity index is 937. The van der Waals surface area contributed by atoms with Gasteiger partial charge in [-0.15, -0.1) is 0 Å². The zero-order valence-electron chi connectivity index (χ0n) is 17.5. The Kier molecular flexibility index (Phi) is 6.75. The van der Waals surface area contributed by atoms with Gasteiger partial charge in [-0.25, -0.2) is 8.42 Å². The fourth-order valence-electron chi connectivity index (χ4n) is 3.74. The van der Waals surface area contributed by atoms with Gasteiger partial charge in [0.2, 0.25) is 10.0 Å². The minimum atomic E-state index is -3.56. The van der Waals surface area contributed by atoms with Crippen LogP contribution in [0.3, 0.4) is 0 Å². The van der Waals surface area contributed by atoms with Gasteiger partial charge in [0.1, 0.15) is 0 Å². The van der Waals surface area contributed by atoms with Crippen molar-refractivity contribution in [1.82, 2.24) is 9.21 Å². The van der Waals surface area contributed by atoms with Crippen LogP contribution in [0, 0.1) is 12.8 Å². The number of aryl methyl sites for hydroxylation is 1.